The Kier molecular flexibility index (Phi) is 1.74. The molecule has 0 spiro atoms. The Morgan fingerprint density at radius 1 is 1.82 bits per heavy atom. The van der Waals surface area contributed by atoms with Crippen LogP contribution < -0.4 is 0 Å². The van der Waals surface area contributed by atoms with E-state index in [-0.39, 0.29) is 6.42 Å². The van der Waals surface area contributed by atoms with Gasteiger partial charge in [0.15, 0.2) is 0 Å². The maximum absolute atomic E-state index is 13.3. The first kappa shape index (κ1) is 8.24. The molecule has 0 amide bonds. The number of esters is 1. The second-order valence-corrected chi connectivity index (χ2v) is 2.92. The van der Waals surface area contributed by atoms with Crippen molar-refractivity contribution < 1.29 is 13.9 Å². The van der Waals surface area contributed by atoms with E-state index in [0.717, 1.165) is 0 Å². The van der Waals surface area contributed by atoms with E-state index >= 15 is 0 Å². The van der Waals surface area contributed by atoms with Crippen LogP contribution in [0.1, 0.15) is 13.3 Å². The number of hydrogen-bond donors (Lipinski definition) is 0. The van der Waals surface area contributed by atoms with Gasteiger partial charge in [0, 0.05) is 6.42 Å². The first-order valence-corrected chi connectivity index (χ1v) is 3.45. The molecule has 0 aromatic carbocycles. The van der Waals surface area contributed by atoms with Gasteiger partial charge in [-0.3, -0.25) is 4.79 Å². The van der Waals surface area contributed by atoms with Gasteiger partial charge >= 0.3 is 5.97 Å². The molecular formula is C8H11FO2. The zero-order valence-electron chi connectivity index (χ0n) is 6.69. The van der Waals surface area contributed by atoms with Crippen molar-refractivity contribution in [1.29, 1.82) is 0 Å². The van der Waals surface area contributed by atoms with Crippen LogP contribution in [-0.2, 0) is 9.53 Å². The van der Waals surface area contributed by atoms with Crippen molar-refractivity contribution in [3.05, 3.63) is 12.2 Å². The van der Waals surface area contributed by atoms with Gasteiger partial charge in [0.2, 0.25) is 0 Å². The van der Waals surface area contributed by atoms with E-state index < -0.39 is 17.6 Å². The van der Waals surface area contributed by atoms with E-state index in [1.54, 1.807) is 6.92 Å². The molecule has 0 aromatic heterocycles. The number of alkyl halides is 1. The summed E-state index contributed by atoms with van der Waals surface area (Å²) >= 11 is 0. The standard InChI is InChI=1S/C8H11FO2/c1-5(2)8(9)4-6(8)7(10)11-3/h6H,1,4H2,2-3H3. The fraction of sp³-hybridized carbons (Fsp3) is 0.625. The van der Waals surface area contributed by atoms with E-state index in [4.69, 9.17) is 0 Å². The lowest BCUT2D eigenvalue weighted by atomic mass is 10.1. The molecule has 3 heteroatoms. The normalized spacial score (nSPS) is 34.6. The highest BCUT2D eigenvalue weighted by atomic mass is 19.1. The molecule has 2 nitrogen and oxygen atoms in total. The predicted octanol–water partition coefficient (Wildman–Crippen LogP) is 1.46. The van der Waals surface area contributed by atoms with E-state index in [1.165, 1.54) is 7.11 Å². The Morgan fingerprint density at radius 2 is 2.36 bits per heavy atom. The molecule has 0 bridgehead atoms. The van der Waals surface area contributed by atoms with Crippen molar-refractivity contribution in [3.63, 3.8) is 0 Å². The molecule has 11 heavy (non-hydrogen) atoms. The molecule has 1 rings (SSSR count). The maximum Gasteiger partial charge on any atom is 0.312 e. The van der Waals surface area contributed by atoms with Gasteiger partial charge in [-0.05, 0) is 12.5 Å². The third-order valence-electron chi connectivity index (χ3n) is 2.09. The van der Waals surface area contributed by atoms with Gasteiger partial charge in [-0.2, -0.15) is 0 Å². The number of hydrogen-bond acceptors (Lipinski definition) is 2. The van der Waals surface area contributed by atoms with E-state index in [9.17, 15) is 9.18 Å². The zero-order chi connectivity index (χ0) is 8.65. The maximum atomic E-state index is 13.3. The van der Waals surface area contributed by atoms with Crippen molar-refractivity contribution in [2.45, 2.75) is 19.0 Å². The molecule has 2 unspecified atom stereocenters. The van der Waals surface area contributed by atoms with Crippen LogP contribution in [0.2, 0.25) is 0 Å². The molecule has 0 heterocycles. The second-order valence-electron chi connectivity index (χ2n) is 2.92. The van der Waals surface area contributed by atoms with Gasteiger partial charge < -0.3 is 4.74 Å². The molecule has 1 saturated carbocycles. The van der Waals surface area contributed by atoms with Crippen molar-refractivity contribution in [2.24, 2.45) is 5.92 Å². The lowest BCUT2D eigenvalue weighted by Gasteiger charge is -2.04. The first-order chi connectivity index (χ1) is 5.02. The molecule has 1 aliphatic carbocycles. The highest BCUT2D eigenvalue weighted by molar-refractivity contribution is 5.78. The molecular weight excluding hydrogens is 147 g/mol. The number of allylic oxidation sites excluding steroid dienone is 1. The zero-order valence-corrected chi connectivity index (χ0v) is 6.69. The fourth-order valence-electron chi connectivity index (χ4n) is 1.12. The van der Waals surface area contributed by atoms with Crippen LogP contribution in [-0.4, -0.2) is 18.7 Å². The third-order valence-corrected chi connectivity index (χ3v) is 2.09. The number of carbonyl (C=O) groups is 1. The first-order valence-electron chi connectivity index (χ1n) is 3.45. The van der Waals surface area contributed by atoms with Crippen LogP contribution in [0.25, 0.3) is 0 Å². The van der Waals surface area contributed by atoms with Crippen LogP contribution >= 0.6 is 0 Å². The minimum Gasteiger partial charge on any atom is -0.469 e. The molecule has 0 radical (unpaired) electrons. The topological polar surface area (TPSA) is 26.3 Å². The SMILES string of the molecule is C=C(C)C1(F)CC1C(=O)OC. The average Bonchev–Trinajstić information content (AvgIpc) is 2.63. The summed E-state index contributed by atoms with van der Waals surface area (Å²) in [5.41, 5.74) is -1.07. The average molecular weight is 158 g/mol. The Balaban J connectivity index is 2.60. The van der Waals surface area contributed by atoms with Crippen molar-refractivity contribution in [3.8, 4) is 0 Å². The Hall–Kier alpha value is -0.860. The molecule has 0 aliphatic heterocycles. The Bertz CT molecular complexity index is 212. The monoisotopic (exact) mass is 158 g/mol. The highest BCUT2D eigenvalue weighted by Crippen LogP contribution is 2.52. The highest BCUT2D eigenvalue weighted by Gasteiger charge is 2.61. The molecule has 1 aliphatic rings. The third kappa shape index (κ3) is 1.15. The van der Waals surface area contributed by atoms with Gasteiger partial charge in [0.05, 0.1) is 13.0 Å². The smallest absolute Gasteiger partial charge is 0.312 e. The largest absolute Gasteiger partial charge is 0.469 e. The Labute approximate surface area is 65.0 Å². The fourth-order valence-corrected chi connectivity index (χ4v) is 1.12. The molecule has 0 aromatic rings. The predicted molar refractivity (Wildman–Crippen MR) is 38.8 cm³/mol. The lowest BCUT2D eigenvalue weighted by molar-refractivity contribution is -0.143. The van der Waals surface area contributed by atoms with Gasteiger partial charge in [0.1, 0.15) is 5.67 Å². The van der Waals surface area contributed by atoms with Gasteiger partial charge in [-0.1, -0.05) is 6.58 Å². The lowest BCUT2D eigenvalue weighted by Crippen LogP contribution is -2.13. The summed E-state index contributed by atoms with van der Waals surface area (Å²) < 4.78 is 17.7. The van der Waals surface area contributed by atoms with E-state index in [2.05, 4.69) is 11.3 Å². The van der Waals surface area contributed by atoms with Crippen LogP contribution in [0.15, 0.2) is 12.2 Å². The number of ether oxygens (including phenoxy) is 1. The summed E-state index contributed by atoms with van der Waals surface area (Å²) in [6, 6.07) is 0. The minimum atomic E-state index is -1.48. The molecule has 0 N–H and O–H groups in total. The quantitative estimate of drug-likeness (QED) is 0.449. The van der Waals surface area contributed by atoms with E-state index in [0.29, 0.717) is 5.57 Å². The number of rotatable bonds is 2. The van der Waals surface area contributed by atoms with Crippen LogP contribution in [0.4, 0.5) is 4.39 Å². The van der Waals surface area contributed by atoms with Crippen LogP contribution in [0, 0.1) is 5.92 Å². The number of methoxy groups -OCH3 is 1. The second kappa shape index (κ2) is 2.32. The van der Waals surface area contributed by atoms with Crippen LogP contribution in [0.5, 0.6) is 0 Å². The molecule has 0 saturated heterocycles. The summed E-state index contributed by atoms with van der Waals surface area (Å²) in [6.07, 6.45) is 0.231. The van der Waals surface area contributed by atoms with Crippen molar-refractivity contribution >= 4 is 5.97 Å². The molecule has 2 atom stereocenters. The summed E-state index contributed by atoms with van der Waals surface area (Å²) in [7, 11) is 1.26. The summed E-state index contributed by atoms with van der Waals surface area (Å²) in [5, 5.41) is 0. The summed E-state index contributed by atoms with van der Waals surface area (Å²) in [5.74, 6) is -1.08. The molecule has 62 valence electrons. The van der Waals surface area contributed by atoms with Gasteiger partial charge in [-0.25, -0.2) is 4.39 Å². The summed E-state index contributed by atoms with van der Waals surface area (Å²) in [6.45, 7) is 5.06. The van der Waals surface area contributed by atoms with Gasteiger partial charge in [0.25, 0.3) is 0 Å². The van der Waals surface area contributed by atoms with Crippen molar-refractivity contribution in [1.82, 2.24) is 0 Å². The number of halogens is 1. The van der Waals surface area contributed by atoms with E-state index in [1.807, 2.05) is 0 Å². The molecule has 1 fully saturated rings. The Morgan fingerprint density at radius 3 is 2.64 bits per heavy atom. The number of carbonyl (C=O) groups excluding carboxylic acids is 1. The summed E-state index contributed by atoms with van der Waals surface area (Å²) in [4.78, 5) is 10.8. The van der Waals surface area contributed by atoms with Crippen LogP contribution in [0.3, 0.4) is 0 Å². The van der Waals surface area contributed by atoms with Gasteiger partial charge in [-0.15, -0.1) is 0 Å². The van der Waals surface area contributed by atoms with Crippen molar-refractivity contribution in [2.75, 3.05) is 7.11 Å². The minimum absolute atomic E-state index is 0.231.